The second-order valence-corrected chi connectivity index (χ2v) is 10.5. The van der Waals surface area contributed by atoms with Gasteiger partial charge in [0.25, 0.3) is 11.8 Å². The Bertz CT molecular complexity index is 1640. The highest BCUT2D eigenvalue weighted by Gasteiger charge is 2.26. The standard InChI is InChI=1S/C31H33N5O7/c1-18(37)17-42-24-8-10-27-26(15-34-36(27)16-24)30(39)35-22-4-6-23(7-5-22)43-28-12-19(3-9-25(28)29(32)38)20-11-21(14-33-13-20)31(40)41-2/h3,8-16,18,22-23,37H,4-7,17H2,1-2H3,(H2,32,38)(H,35,39). The third-order valence-electron chi connectivity index (χ3n) is 7.27. The fraction of sp³-hybridized carbons (Fsp3) is 0.323. The van der Waals surface area contributed by atoms with Crippen molar-refractivity contribution in [2.45, 2.75) is 50.9 Å². The number of aliphatic hydroxyl groups is 1. The van der Waals surface area contributed by atoms with Gasteiger partial charge in [0.2, 0.25) is 0 Å². The number of methoxy groups -OCH3 is 1. The first-order chi connectivity index (χ1) is 20.7. The minimum Gasteiger partial charge on any atom is -0.490 e. The van der Waals surface area contributed by atoms with E-state index in [-0.39, 0.29) is 30.2 Å². The predicted molar refractivity (Wildman–Crippen MR) is 156 cm³/mol. The average Bonchev–Trinajstić information content (AvgIpc) is 3.44. The second-order valence-electron chi connectivity index (χ2n) is 10.5. The number of hydrogen-bond acceptors (Lipinski definition) is 9. The molecule has 0 spiro atoms. The number of aromatic nitrogens is 3. The molecule has 0 saturated heterocycles. The Morgan fingerprint density at radius 1 is 1.05 bits per heavy atom. The predicted octanol–water partition coefficient (Wildman–Crippen LogP) is 3.16. The first kappa shape index (κ1) is 29.5. The second kappa shape index (κ2) is 12.9. The van der Waals surface area contributed by atoms with Gasteiger partial charge in [-0.15, -0.1) is 0 Å². The van der Waals surface area contributed by atoms with E-state index in [9.17, 15) is 19.5 Å². The van der Waals surface area contributed by atoms with Crippen molar-refractivity contribution in [3.8, 4) is 22.6 Å². The molecule has 1 aliphatic rings. The van der Waals surface area contributed by atoms with Crippen LogP contribution in [0.3, 0.4) is 0 Å². The van der Waals surface area contributed by atoms with Crippen molar-refractivity contribution < 1.29 is 33.7 Å². The third kappa shape index (κ3) is 6.92. The molecule has 224 valence electrons. The van der Waals surface area contributed by atoms with Crippen LogP contribution in [0.5, 0.6) is 11.5 Å². The summed E-state index contributed by atoms with van der Waals surface area (Å²) in [4.78, 5) is 41.3. The fourth-order valence-electron chi connectivity index (χ4n) is 5.04. The van der Waals surface area contributed by atoms with Crippen LogP contribution in [-0.4, -0.2) is 69.5 Å². The van der Waals surface area contributed by atoms with E-state index in [1.807, 2.05) is 0 Å². The van der Waals surface area contributed by atoms with Gasteiger partial charge in [0, 0.05) is 24.0 Å². The van der Waals surface area contributed by atoms with E-state index >= 15 is 0 Å². The van der Waals surface area contributed by atoms with Gasteiger partial charge in [-0.1, -0.05) is 6.07 Å². The number of ether oxygens (including phenoxy) is 3. The van der Waals surface area contributed by atoms with E-state index in [1.165, 1.54) is 19.5 Å². The van der Waals surface area contributed by atoms with E-state index in [1.54, 1.807) is 60.2 Å². The molecule has 1 aliphatic carbocycles. The molecule has 4 aromatic rings. The van der Waals surface area contributed by atoms with Crippen molar-refractivity contribution in [3.63, 3.8) is 0 Å². The van der Waals surface area contributed by atoms with E-state index < -0.39 is 18.0 Å². The summed E-state index contributed by atoms with van der Waals surface area (Å²) in [6.45, 7) is 1.79. The summed E-state index contributed by atoms with van der Waals surface area (Å²) in [5, 5.41) is 16.8. The molecule has 5 rings (SSSR count). The number of nitrogens with zero attached hydrogens (tertiary/aromatic N) is 3. The number of fused-ring (bicyclic) bond motifs is 1. The van der Waals surface area contributed by atoms with E-state index in [4.69, 9.17) is 19.9 Å². The summed E-state index contributed by atoms with van der Waals surface area (Å²) >= 11 is 0. The molecular weight excluding hydrogens is 554 g/mol. The Hall–Kier alpha value is -4.97. The first-order valence-electron chi connectivity index (χ1n) is 13.9. The normalized spacial score (nSPS) is 17.2. The molecule has 12 nitrogen and oxygen atoms in total. The quantitative estimate of drug-likeness (QED) is 0.236. The molecule has 12 heteroatoms. The number of carbonyl (C=O) groups excluding carboxylic acids is 3. The Labute approximate surface area is 247 Å². The molecule has 1 saturated carbocycles. The number of hydrogen-bond donors (Lipinski definition) is 3. The molecule has 43 heavy (non-hydrogen) atoms. The van der Waals surface area contributed by atoms with Crippen LogP contribution in [0.2, 0.25) is 0 Å². The zero-order valence-corrected chi connectivity index (χ0v) is 23.9. The summed E-state index contributed by atoms with van der Waals surface area (Å²) in [5.41, 5.74) is 8.64. The van der Waals surface area contributed by atoms with Gasteiger partial charge in [-0.3, -0.25) is 14.6 Å². The molecule has 1 aromatic carbocycles. The Morgan fingerprint density at radius 2 is 1.84 bits per heavy atom. The topological polar surface area (TPSA) is 167 Å². The van der Waals surface area contributed by atoms with Crippen molar-refractivity contribution in [1.82, 2.24) is 19.9 Å². The highest BCUT2D eigenvalue weighted by molar-refractivity contribution is 6.00. The van der Waals surface area contributed by atoms with Gasteiger partial charge < -0.3 is 30.4 Å². The summed E-state index contributed by atoms with van der Waals surface area (Å²) in [7, 11) is 1.30. The van der Waals surface area contributed by atoms with Crippen molar-refractivity contribution >= 4 is 23.3 Å². The maximum Gasteiger partial charge on any atom is 0.339 e. The molecule has 2 amide bonds. The number of carbonyl (C=O) groups is 3. The number of nitrogens with two attached hydrogens (primary N) is 1. The lowest BCUT2D eigenvalue weighted by Crippen LogP contribution is -2.39. The van der Waals surface area contributed by atoms with Gasteiger partial charge in [-0.25, -0.2) is 9.31 Å². The summed E-state index contributed by atoms with van der Waals surface area (Å²) in [5.74, 6) is -0.442. The van der Waals surface area contributed by atoms with Crippen LogP contribution in [0.4, 0.5) is 0 Å². The van der Waals surface area contributed by atoms with Gasteiger partial charge >= 0.3 is 5.97 Å². The third-order valence-corrected chi connectivity index (χ3v) is 7.27. The Balaban J connectivity index is 1.22. The van der Waals surface area contributed by atoms with Crippen LogP contribution in [0.1, 0.15) is 63.7 Å². The van der Waals surface area contributed by atoms with Crippen LogP contribution < -0.4 is 20.5 Å². The van der Waals surface area contributed by atoms with Gasteiger partial charge in [0.05, 0.1) is 53.9 Å². The van der Waals surface area contributed by atoms with E-state index in [0.717, 1.165) is 0 Å². The molecule has 0 radical (unpaired) electrons. The van der Waals surface area contributed by atoms with Crippen LogP contribution in [-0.2, 0) is 4.74 Å². The number of primary amides is 1. The van der Waals surface area contributed by atoms with Crippen LogP contribution in [0, 0.1) is 0 Å². The number of amides is 2. The van der Waals surface area contributed by atoms with Gasteiger partial charge in [-0.2, -0.15) is 5.10 Å². The highest BCUT2D eigenvalue weighted by atomic mass is 16.5. The largest absolute Gasteiger partial charge is 0.490 e. The lowest BCUT2D eigenvalue weighted by molar-refractivity contribution is 0.0600. The summed E-state index contributed by atoms with van der Waals surface area (Å²) in [6, 6.07) is 10.1. The summed E-state index contributed by atoms with van der Waals surface area (Å²) in [6.07, 6.45) is 8.12. The molecule has 1 atom stereocenters. The molecule has 3 aromatic heterocycles. The Kier molecular flexibility index (Phi) is 8.86. The van der Waals surface area contributed by atoms with Crippen molar-refractivity contribution in [2.75, 3.05) is 13.7 Å². The van der Waals surface area contributed by atoms with Crippen molar-refractivity contribution in [3.05, 3.63) is 77.9 Å². The minimum absolute atomic E-state index is 0.0509. The molecule has 1 fully saturated rings. The number of nitrogens with one attached hydrogen (secondary N) is 1. The van der Waals surface area contributed by atoms with Gasteiger partial charge in [0.15, 0.2) is 0 Å². The molecule has 0 aliphatic heterocycles. The van der Waals surface area contributed by atoms with E-state index in [2.05, 4.69) is 15.4 Å². The minimum atomic E-state index is -0.612. The number of benzene rings is 1. The van der Waals surface area contributed by atoms with Crippen molar-refractivity contribution in [1.29, 1.82) is 0 Å². The number of rotatable bonds is 10. The summed E-state index contributed by atoms with van der Waals surface area (Å²) < 4.78 is 18.1. The molecule has 1 unspecified atom stereocenters. The SMILES string of the molecule is COC(=O)c1cncc(-c2ccc(C(N)=O)c(OC3CCC(NC(=O)c4cnn5cc(OCC(C)O)ccc45)CC3)c2)c1. The molecule has 3 heterocycles. The smallest absolute Gasteiger partial charge is 0.339 e. The van der Waals surface area contributed by atoms with E-state index in [0.29, 0.717) is 65.0 Å². The molecule has 4 N–H and O–H groups in total. The zero-order valence-electron chi connectivity index (χ0n) is 23.9. The number of esters is 1. The van der Waals surface area contributed by atoms with Crippen molar-refractivity contribution in [2.24, 2.45) is 5.73 Å². The maximum absolute atomic E-state index is 13.1. The highest BCUT2D eigenvalue weighted by Crippen LogP contribution is 2.31. The number of pyridine rings is 2. The molecule has 0 bridgehead atoms. The Morgan fingerprint density at radius 3 is 2.56 bits per heavy atom. The van der Waals surface area contributed by atoms with Crippen LogP contribution in [0.25, 0.3) is 16.6 Å². The average molecular weight is 588 g/mol. The zero-order chi connectivity index (χ0) is 30.5. The lowest BCUT2D eigenvalue weighted by Gasteiger charge is -2.30. The number of aliphatic hydroxyl groups excluding tert-OH is 1. The van der Waals surface area contributed by atoms with Gasteiger partial charge in [0.1, 0.15) is 18.1 Å². The molecular formula is C31H33N5O7. The van der Waals surface area contributed by atoms with Gasteiger partial charge in [-0.05, 0) is 68.5 Å². The lowest BCUT2D eigenvalue weighted by atomic mass is 9.92. The van der Waals surface area contributed by atoms with Crippen LogP contribution in [0.15, 0.2) is 61.2 Å². The van der Waals surface area contributed by atoms with Crippen LogP contribution >= 0.6 is 0 Å². The fourth-order valence-corrected chi connectivity index (χ4v) is 5.04. The maximum atomic E-state index is 13.1. The first-order valence-corrected chi connectivity index (χ1v) is 13.9. The monoisotopic (exact) mass is 587 g/mol.